The lowest BCUT2D eigenvalue weighted by Crippen LogP contribution is -2.17. The van der Waals surface area contributed by atoms with Crippen LogP contribution in [0.4, 0.5) is 11.5 Å². The molecule has 0 aromatic carbocycles. The SMILES string of the molecule is Cc1nc(Cl)nc(NCCOC2CCCC2)c1N. The van der Waals surface area contributed by atoms with E-state index in [1.54, 1.807) is 0 Å². The van der Waals surface area contributed by atoms with Gasteiger partial charge in [0.25, 0.3) is 0 Å². The third-order valence-corrected chi connectivity index (χ3v) is 3.33. The summed E-state index contributed by atoms with van der Waals surface area (Å²) in [4.78, 5) is 8.05. The molecule has 1 saturated carbocycles. The number of hydrogen-bond donors (Lipinski definition) is 2. The Bertz CT molecular complexity index is 407. The quantitative estimate of drug-likeness (QED) is 0.635. The van der Waals surface area contributed by atoms with Gasteiger partial charge < -0.3 is 15.8 Å². The number of nitrogens with zero attached hydrogens (tertiary/aromatic N) is 2. The summed E-state index contributed by atoms with van der Waals surface area (Å²) in [5.41, 5.74) is 7.10. The molecule has 1 aromatic heterocycles. The fraction of sp³-hybridized carbons (Fsp3) is 0.667. The van der Waals surface area contributed by atoms with Gasteiger partial charge in [0.1, 0.15) is 0 Å². The summed E-state index contributed by atoms with van der Waals surface area (Å²) in [5, 5.41) is 3.34. The summed E-state index contributed by atoms with van der Waals surface area (Å²) in [7, 11) is 0. The Balaban J connectivity index is 1.79. The van der Waals surface area contributed by atoms with E-state index in [1.807, 2.05) is 6.92 Å². The second-order valence-electron chi connectivity index (χ2n) is 4.54. The molecule has 0 aliphatic heterocycles. The van der Waals surface area contributed by atoms with Crippen LogP contribution in [0.3, 0.4) is 0 Å². The number of nitrogens with one attached hydrogen (secondary N) is 1. The van der Waals surface area contributed by atoms with Crippen molar-refractivity contribution in [2.45, 2.75) is 38.7 Å². The van der Waals surface area contributed by atoms with Crippen molar-refractivity contribution >= 4 is 23.1 Å². The summed E-state index contributed by atoms with van der Waals surface area (Å²) < 4.78 is 5.75. The Morgan fingerprint density at radius 2 is 2.11 bits per heavy atom. The van der Waals surface area contributed by atoms with Gasteiger partial charge in [-0.05, 0) is 31.4 Å². The molecule has 0 amide bonds. The number of aromatic nitrogens is 2. The predicted octanol–water partition coefficient (Wildman–Crippen LogP) is 2.39. The minimum atomic E-state index is 0.209. The van der Waals surface area contributed by atoms with Crippen molar-refractivity contribution in [2.75, 3.05) is 24.2 Å². The highest BCUT2D eigenvalue weighted by Crippen LogP contribution is 2.22. The first-order valence-corrected chi connectivity index (χ1v) is 6.69. The van der Waals surface area contributed by atoms with Crippen LogP contribution in [-0.2, 0) is 4.74 Å². The standard InChI is InChI=1S/C12H19ClN4O/c1-8-10(14)11(17-12(13)16-8)15-6-7-18-9-4-2-3-5-9/h9H,2-7,14H2,1H3,(H,15,16,17). The van der Waals surface area contributed by atoms with Gasteiger partial charge in [0.2, 0.25) is 5.28 Å². The second kappa shape index (κ2) is 6.20. The Labute approximate surface area is 112 Å². The van der Waals surface area contributed by atoms with E-state index < -0.39 is 0 Å². The third-order valence-electron chi connectivity index (χ3n) is 3.16. The largest absolute Gasteiger partial charge is 0.394 e. The topological polar surface area (TPSA) is 73.1 Å². The first kappa shape index (κ1) is 13.4. The summed E-state index contributed by atoms with van der Waals surface area (Å²) >= 11 is 5.79. The van der Waals surface area contributed by atoms with Crippen LogP contribution < -0.4 is 11.1 Å². The number of nitrogen functional groups attached to an aromatic ring is 1. The zero-order chi connectivity index (χ0) is 13.0. The molecule has 1 aromatic rings. The number of hydrogen-bond acceptors (Lipinski definition) is 5. The van der Waals surface area contributed by atoms with E-state index in [0.29, 0.717) is 36.5 Å². The number of halogens is 1. The first-order valence-electron chi connectivity index (χ1n) is 6.32. The predicted molar refractivity (Wildman–Crippen MR) is 72.9 cm³/mol. The molecular formula is C12H19ClN4O. The molecule has 5 nitrogen and oxygen atoms in total. The lowest BCUT2D eigenvalue weighted by molar-refractivity contribution is 0.0659. The Kier molecular flexibility index (Phi) is 4.60. The summed E-state index contributed by atoms with van der Waals surface area (Å²) in [6.07, 6.45) is 5.36. The van der Waals surface area contributed by atoms with Crippen molar-refractivity contribution in [3.63, 3.8) is 0 Å². The fourth-order valence-corrected chi connectivity index (χ4v) is 2.34. The maximum Gasteiger partial charge on any atom is 0.224 e. The number of nitrogens with two attached hydrogens (primary N) is 1. The van der Waals surface area contributed by atoms with Gasteiger partial charge in [-0.15, -0.1) is 0 Å². The zero-order valence-corrected chi connectivity index (χ0v) is 11.3. The van der Waals surface area contributed by atoms with E-state index in [4.69, 9.17) is 22.1 Å². The molecule has 3 N–H and O–H groups in total. The highest BCUT2D eigenvalue weighted by Gasteiger charge is 2.14. The van der Waals surface area contributed by atoms with Crippen LogP contribution in [-0.4, -0.2) is 29.2 Å². The average Bonchev–Trinajstić information content (AvgIpc) is 2.83. The van der Waals surface area contributed by atoms with E-state index in [0.717, 1.165) is 0 Å². The van der Waals surface area contributed by atoms with Gasteiger partial charge in [-0.1, -0.05) is 12.8 Å². The van der Waals surface area contributed by atoms with Crippen LogP contribution in [0.1, 0.15) is 31.4 Å². The number of rotatable bonds is 5. The molecule has 100 valence electrons. The normalized spacial score (nSPS) is 16.1. The molecule has 0 atom stereocenters. The fourth-order valence-electron chi connectivity index (χ4n) is 2.13. The van der Waals surface area contributed by atoms with Crippen molar-refractivity contribution in [3.05, 3.63) is 11.0 Å². The Hall–Kier alpha value is -1.07. The van der Waals surface area contributed by atoms with Crippen LogP contribution in [0, 0.1) is 6.92 Å². The molecule has 1 heterocycles. The molecule has 18 heavy (non-hydrogen) atoms. The Morgan fingerprint density at radius 3 is 2.83 bits per heavy atom. The second-order valence-corrected chi connectivity index (χ2v) is 4.88. The van der Waals surface area contributed by atoms with Gasteiger partial charge in [-0.3, -0.25) is 0 Å². The zero-order valence-electron chi connectivity index (χ0n) is 10.6. The van der Waals surface area contributed by atoms with Crippen LogP contribution >= 0.6 is 11.6 Å². The van der Waals surface area contributed by atoms with Crippen molar-refractivity contribution in [1.82, 2.24) is 9.97 Å². The van der Waals surface area contributed by atoms with Gasteiger partial charge in [0.15, 0.2) is 5.82 Å². The molecular weight excluding hydrogens is 252 g/mol. The number of anilines is 2. The van der Waals surface area contributed by atoms with Crippen molar-refractivity contribution in [1.29, 1.82) is 0 Å². The molecule has 0 spiro atoms. The molecule has 1 fully saturated rings. The number of ether oxygens (including phenoxy) is 1. The van der Waals surface area contributed by atoms with Crippen molar-refractivity contribution in [3.8, 4) is 0 Å². The van der Waals surface area contributed by atoms with E-state index in [-0.39, 0.29) is 5.28 Å². The lowest BCUT2D eigenvalue weighted by Gasteiger charge is -2.13. The smallest absolute Gasteiger partial charge is 0.224 e. The monoisotopic (exact) mass is 270 g/mol. The van der Waals surface area contributed by atoms with Gasteiger partial charge in [0, 0.05) is 6.54 Å². The van der Waals surface area contributed by atoms with Crippen LogP contribution in [0.5, 0.6) is 0 Å². The lowest BCUT2D eigenvalue weighted by atomic mass is 10.3. The van der Waals surface area contributed by atoms with E-state index in [9.17, 15) is 0 Å². The van der Waals surface area contributed by atoms with E-state index in [1.165, 1.54) is 25.7 Å². The van der Waals surface area contributed by atoms with Crippen LogP contribution in [0.2, 0.25) is 5.28 Å². The molecule has 0 unspecified atom stereocenters. The van der Waals surface area contributed by atoms with Crippen LogP contribution in [0.25, 0.3) is 0 Å². The van der Waals surface area contributed by atoms with E-state index in [2.05, 4.69) is 15.3 Å². The molecule has 2 rings (SSSR count). The summed E-state index contributed by atoms with van der Waals surface area (Å²) in [6.45, 7) is 3.14. The summed E-state index contributed by atoms with van der Waals surface area (Å²) in [6, 6.07) is 0. The molecule has 6 heteroatoms. The minimum absolute atomic E-state index is 0.209. The highest BCUT2D eigenvalue weighted by molar-refractivity contribution is 6.28. The van der Waals surface area contributed by atoms with Gasteiger partial charge in [-0.25, -0.2) is 4.98 Å². The molecule has 0 bridgehead atoms. The molecule has 0 radical (unpaired) electrons. The molecule has 1 aliphatic carbocycles. The highest BCUT2D eigenvalue weighted by atomic mass is 35.5. The first-order chi connectivity index (χ1) is 8.66. The Morgan fingerprint density at radius 1 is 1.39 bits per heavy atom. The van der Waals surface area contributed by atoms with Gasteiger partial charge >= 0.3 is 0 Å². The minimum Gasteiger partial charge on any atom is -0.394 e. The molecule has 1 aliphatic rings. The summed E-state index contributed by atoms with van der Waals surface area (Å²) in [5.74, 6) is 0.586. The van der Waals surface area contributed by atoms with Gasteiger partial charge in [0.05, 0.1) is 24.1 Å². The maximum atomic E-state index is 5.87. The van der Waals surface area contributed by atoms with Crippen LogP contribution in [0.15, 0.2) is 0 Å². The average molecular weight is 271 g/mol. The third kappa shape index (κ3) is 3.46. The van der Waals surface area contributed by atoms with E-state index >= 15 is 0 Å². The van der Waals surface area contributed by atoms with Crippen molar-refractivity contribution < 1.29 is 4.74 Å². The van der Waals surface area contributed by atoms with Crippen molar-refractivity contribution in [2.24, 2.45) is 0 Å². The molecule has 0 saturated heterocycles. The van der Waals surface area contributed by atoms with Gasteiger partial charge in [-0.2, -0.15) is 4.98 Å². The maximum absolute atomic E-state index is 5.87. The number of aryl methyl sites for hydroxylation is 1.